The second kappa shape index (κ2) is 5.07. The Bertz CT molecular complexity index is 542. The SMILES string of the molecule is C[C@@H](N)c1cc(Cl)ccc1OC1CCS(=O)(=O)C1. The van der Waals surface area contributed by atoms with Crippen molar-refractivity contribution in [2.75, 3.05) is 11.5 Å². The third-order valence-electron chi connectivity index (χ3n) is 2.95. The maximum Gasteiger partial charge on any atom is 0.154 e. The van der Waals surface area contributed by atoms with E-state index in [0.717, 1.165) is 5.56 Å². The van der Waals surface area contributed by atoms with Crippen molar-refractivity contribution in [3.8, 4) is 5.75 Å². The molecule has 0 radical (unpaired) electrons. The van der Waals surface area contributed by atoms with Crippen molar-refractivity contribution in [2.24, 2.45) is 5.73 Å². The molecule has 1 heterocycles. The molecule has 0 aromatic heterocycles. The highest BCUT2D eigenvalue weighted by atomic mass is 35.5. The maximum atomic E-state index is 11.4. The van der Waals surface area contributed by atoms with Gasteiger partial charge in [0.15, 0.2) is 9.84 Å². The molecule has 1 aliphatic rings. The van der Waals surface area contributed by atoms with Gasteiger partial charge in [-0.25, -0.2) is 8.42 Å². The van der Waals surface area contributed by atoms with Crippen LogP contribution in [0.5, 0.6) is 5.75 Å². The van der Waals surface area contributed by atoms with Gasteiger partial charge in [-0.05, 0) is 31.5 Å². The molecule has 6 heteroatoms. The quantitative estimate of drug-likeness (QED) is 0.923. The van der Waals surface area contributed by atoms with Crippen LogP contribution in [0.25, 0.3) is 0 Å². The van der Waals surface area contributed by atoms with Crippen LogP contribution in [0.15, 0.2) is 18.2 Å². The van der Waals surface area contributed by atoms with E-state index in [1.807, 2.05) is 6.92 Å². The molecule has 2 N–H and O–H groups in total. The summed E-state index contributed by atoms with van der Waals surface area (Å²) in [6.45, 7) is 1.84. The molecule has 18 heavy (non-hydrogen) atoms. The van der Waals surface area contributed by atoms with Gasteiger partial charge in [-0.15, -0.1) is 0 Å². The molecule has 2 atom stereocenters. The number of rotatable bonds is 3. The number of sulfone groups is 1. The van der Waals surface area contributed by atoms with Crippen molar-refractivity contribution in [3.63, 3.8) is 0 Å². The molecule has 1 aromatic carbocycles. The van der Waals surface area contributed by atoms with Crippen LogP contribution in [0.4, 0.5) is 0 Å². The van der Waals surface area contributed by atoms with E-state index < -0.39 is 9.84 Å². The number of ether oxygens (including phenoxy) is 1. The smallest absolute Gasteiger partial charge is 0.154 e. The van der Waals surface area contributed by atoms with Crippen LogP contribution in [0, 0.1) is 0 Å². The lowest BCUT2D eigenvalue weighted by atomic mass is 10.1. The van der Waals surface area contributed by atoms with Gasteiger partial charge in [0.05, 0.1) is 11.5 Å². The van der Waals surface area contributed by atoms with Crippen LogP contribution in [0.2, 0.25) is 5.02 Å². The fourth-order valence-electron chi connectivity index (χ4n) is 2.02. The second-order valence-electron chi connectivity index (χ2n) is 4.61. The predicted octanol–water partition coefficient (Wildman–Crippen LogP) is 1.93. The zero-order valence-electron chi connectivity index (χ0n) is 10.1. The number of hydrogen-bond donors (Lipinski definition) is 1. The van der Waals surface area contributed by atoms with E-state index >= 15 is 0 Å². The Labute approximate surface area is 112 Å². The molecule has 1 unspecified atom stereocenters. The molecule has 0 spiro atoms. The monoisotopic (exact) mass is 289 g/mol. The molecule has 1 fully saturated rings. The van der Waals surface area contributed by atoms with Gasteiger partial charge < -0.3 is 10.5 Å². The van der Waals surface area contributed by atoms with Crippen LogP contribution in [-0.4, -0.2) is 26.0 Å². The predicted molar refractivity (Wildman–Crippen MR) is 71.7 cm³/mol. The zero-order chi connectivity index (χ0) is 13.3. The topological polar surface area (TPSA) is 69.4 Å². The third-order valence-corrected chi connectivity index (χ3v) is 4.92. The van der Waals surface area contributed by atoms with Gasteiger partial charge in [0, 0.05) is 16.6 Å². The maximum absolute atomic E-state index is 11.4. The van der Waals surface area contributed by atoms with Crippen molar-refractivity contribution in [2.45, 2.75) is 25.5 Å². The molecule has 2 rings (SSSR count). The highest BCUT2D eigenvalue weighted by molar-refractivity contribution is 7.91. The van der Waals surface area contributed by atoms with E-state index in [1.54, 1.807) is 18.2 Å². The zero-order valence-corrected chi connectivity index (χ0v) is 11.7. The fraction of sp³-hybridized carbons (Fsp3) is 0.500. The number of benzene rings is 1. The van der Waals surface area contributed by atoms with Crippen molar-refractivity contribution in [1.82, 2.24) is 0 Å². The summed E-state index contributed by atoms with van der Waals surface area (Å²) in [4.78, 5) is 0. The van der Waals surface area contributed by atoms with Crippen molar-refractivity contribution in [1.29, 1.82) is 0 Å². The third kappa shape index (κ3) is 3.16. The summed E-state index contributed by atoms with van der Waals surface area (Å²) in [5.41, 5.74) is 6.65. The van der Waals surface area contributed by atoms with Gasteiger partial charge >= 0.3 is 0 Å². The summed E-state index contributed by atoms with van der Waals surface area (Å²) >= 11 is 5.92. The summed E-state index contributed by atoms with van der Waals surface area (Å²) in [6.07, 6.45) is 0.247. The minimum Gasteiger partial charge on any atom is -0.489 e. The van der Waals surface area contributed by atoms with E-state index in [9.17, 15) is 8.42 Å². The Morgan fingerprint density at radius 2 is 2.22 bits per heavy atom. The molecule has 1 aromatic rings. The van der Waals surface area contributed by atoms with E-state index in [4.69, 9.17) is 22.1 Å². The Balaban J connectivity index is 2.19. The Morgan fingerprint density at radius 3 is 2.78 bits per heavy atom. The standard InChI is InChI=1S/C12H16ClNO3S/c1-8(14)11-6-9(13)2-3-12(11)17-10-4-5-18(15,16)7-10/h2-3,6,8,10H,4-5,7,14H2,1H3/t8-,10?/m1/s1. The number of nitrogens with two attached hydrogens (primary N) is 1. The van der Waals surface area contributed by atoms with Crippen molar-refractivity contribution in [3.05, 3.63) is 28.8 Å². The molecule has 0 amide bonds. The first-order chi connectivity index (χ1) is 8.37. The largest absolute Gasteiger partial charge is 0.489 e. The molecular formula is C12H16ClNO3S. The van der Waals surface area contributed by atoms with Gasteiger partial charge in [0.25, 0.3) is 0 Å². The summed E-state index contributed by atoms with van der Waals surface area (Å²) in [7, 11) is -2.94. The summed E-state index contributed by atoms with van der Waals surface area (Å²) in [6, 6.07) is 5.00. The minimum atomic E-state index is -2.94. The molecule has 0 bridgehead atoms. The highest BCUT2D eigenvalue weighted by Crippen LogP contribution is 2.29. The van der Waals surface area contributed by atoms with Crippen LogP contribution in [0.3, 0.4) is 0 Å². The molecule has 0 saturated carbocycles. The number of hydrogen-bond acceptors (Lipinski definition) is 4. The first kappa shape index (κ1) is 13.6. The Kier molecular flexibility index (Phi) is 3.84. The molecule has 4 nitrogen and oxygen atoms in total. The molecule has 1 aliphatic heterocycles. The van der Waals surface area contributed by atoms with Gasteiger partial charge in [-0.3, -0.25) is 0 Å². The van der Waals surface area contributed by atoms with Crippen molar-refractivity contribution < 1.29 is 13.2 Å². The van der Waals surface area contributed by atoms with Crippen LogP contribution >= 0.6 is 11.6 Å². The summed E-state index contributed by atoms with van der Waals surface area (Å²) in [5, 5.41) is 0.591. The fourth-order valence-corrected chi connectivity index (χ4v) is 3.79. The van der Waals surface area contributed by atoms with Gasteiger partial charge in [-0.1, -0.05) is 11.6 Å². The van der Waals surface area contributed by atoms with Crippen molar-refractivity contribution >= 4 is 21.4 Å². The minimum absolute atomic E-state index is 0.0774. The van der Waals surface area contributed by atoms with Crippen LogP contribution in [-0.2, 0) is 9.84 Å². The van der Waals surface area contributed by atoms with Gasteiger partial charge in [-0.2, -0.15) is 0 Å². The molecule has 0 aliphatic carbocycles. The Morgan fingerprint density at radius 1 is 1.50 bits per heavy atom. The first-order valence-electron chi connectivity index (χ1n) is 5.79. The molecule has 100 valence electrons. The van der Waals surface area contributed by atoms with E-state index in [0.29, 0.717) is 17.2 Å². The lowest BCUT2D eigenvalue weighted by Crippen LogP contribution is -2.19. The average Bonchev–Trinajstić information content (AvgIpc) is 2.60. The van der Waals surface area contributed by atoms with Crippen LogP contribution in [0.1, 0.15) is 24.9 Å². The van der Waals surface area contributed by atoms with E-state index in [2.05, 4.69) is 0 Å². The summed E-state index contributed by atoms with van der Waals surface area (Å²) < 4.78 is 28.5. The average molecular weight is 290 g/mol. The lowest BCUT2D eigenvalue weighted by molar-refractivity contribution is 0.226. The summed E-state index contributed by atoms with van der Waals surface area (Å²) in [5.74, 6) is 0.892. The van der Waals surface area contributed by atoms with Gasteiger partial charge in [0.1, 0.15) is 11.9 Å². The lowest BCUT2D eigenvalue weighted by Gasteiger charge is -2.17. The van der Waals surface area contributed by atoms with E-state index in [-0.39, 0.29) is 23.7 Å². The molecular weight excluding hydrogens is 274 g/mol. The number of halogens is 1. The van der Waals surface area contributed by atoms with E-state index in [1.165, 1.54) is 0 Å². The first-order valence-corrected chi connectivity index (χ1v) is 7.99. The Hall–Kier alpha value is -0.780. The molecule has 1 saturated heterocycles. The second-order valence-corrected chi connectivity index (χ2v) is 7.28. The van der Waals surface area contributed by atoms with Crippen LogP contribution < -0.4 is 10.5 Å². The normalized spacial score (nSPS) is 23.8. The van der Waals surface area contributed by atoms with Gasteiger partial charge in [0.2, 0.25) is 0 Å². The highest BCUT2D eigenvalue weighted by Gasteiger charge is 2.30.